The summed E-state index contributed by atoms with van der Waals surface area (Å²) in [5.41, 5.74) is 1.05. The van der Waals surface area contributed by atoms with Crippen LogP contribution in [0.3, 0.4) is 0 Å². The van der Waals surface area contributed by atoms with E-state index in [9.17, 15) is 4.79 Å². The average molecular weight is 350 g/mol. The zero-order valence-electron chi connectivity index (χ0n) is 13.0. The first kappa shape index (κ1) is 17.7. The Bertz CT molecular complexity index is 621. The van der Waals surface area contributed by atoms with Crippen molar-refractivity contribution in [3.63, 3.8) is 0 Å². The maximum atomic E-state index is 11.9. The van der Waals surface area contributed by atoms with E-state index in [-0.39, 0.29) is 11.2 Å². The van der Waals surface area contributed by atoms with E-state index in [1.54, 1.807) is 11.8 Å². The molecular formula is C18H20ClNO2S. The van der Waals surface area contributed by atoms with Gasteiger partial charge in [0.2, 0.25) is 5.91 Å². The minimum atomic E-state index is 0.00515. The molecule has 0 aromatic heterocycles. The van der Waals surface area contributed by atoms with Crippen molar-refractivity contribution >= 4 is 29.3 Å². The third kappa shape index (κ3) is 6.16. The number of carbonyl (C=O) groups excluding carboxylic acids is 1. The number of amides is 1. The molecule has 0 heterocycles. The molecule has 1 atom stereocenters. The summed E-state index contributed by atoms with van der Waals surface area (Å²) in [7, 11) is 0. The molecule has 0 bridgehead atoms. The second-order valence-electron chi connectivity index (χ2n) is 4.99. The number of nitrogens with one attached hydrogen (secondary N) is 1. The van der Waals surface area contributed by atoms with Crippen LogP contribution in [0.15, 0.2) is 54.6 Å². The summed E-state index contributed by atoms with van der Waals surface area (Å²) in [5, 5.41) is 3.77. The minimum Gasteiger partial charge on any atom is -0.492 e. The van der Waals surface area contributed by atoms with Gasteiger partial charge in [-0.2, -0.15) is 0 Å². The highest BCUT2D eigenvalue weighted by Crippen LogP contribution is 2.32. The molecule has 0 aliphatic heterocycles. The smallest absolute Gasteiger partial charge is 0.230 e. The molecule has 2 aromatic carbocycles. The zero-order valence-corrected chi connectivity index (χ0v) is 14.6. The molecule has 1 amide bonds. The van der Waals surface area contributed by atoms with Gasteiger partial charge in [-0.05, 0) is 30.7 Å². The predicted octanol–water partition coefficient (Wildman–Crippen LogP) is 4.33. The number of hydrogen-bond acceptors (Lipinski definition) is 3. The van der Waals surface area contributed by atoms with Gasteiger partial charge in [-0.3, -0.25) is 4.79 Å². The molecule has 0 fully saturated rings. The van der Waals surface area contributed by atoms with Crippen molar-refractivity contribution in [3.8, 4) is 5.75 Å². The molecule has 0 saturated heterocycles. The van der Waals surface area contributed by atoms with Gasteiger partial charge in [0.05, 0.1) is 12.3 Å². The summed E-state index contributed by atoms with van der Waals surface area (Å²) < 4.78 is 5.53. The van der Waals surface area contributed by atoms with Crippen molar-refractivity contribution in [2.75, 3.05) is 18.9 Å². The Balaban J connectivity index is 1.64. The first-order chi connectivity index (χ1) is 11.2. The van der Waals surface area contributed by atoms with E-state index in [0.717, 1.165) is 16.3 Å². The van der Waals surface area contributed by atoms with E-state index >= 15 is 0 Å². The van der Waals surface area contributed by atoms with Gasteiger partial charge in [0.1, 0.15) is 12.4 Å². The van der Waals surface area contributed by atoms with E-state index < -0.39 is 0 Å². The Kier molecular flexibility index (Phi) is 7.30. The first-order valence-electron chi connectivity index (χ1n) is 7.47. The second-order valence-corrected chi connectivity index (χ2v) is 6.72. The maximum Gasteiger partial charge on any atom is 0.230 e. The number of benzene rings is 2. The van der Waals surface area contributed by atoms with Gasteiger partial charge >= 0.3 is 0 Å². The quantitative estimate of drug-likeness (QED) is 0.721. The molecule has 2 rings (SSSR count). The van der Waals surface area contributed by atoms with Crippen LogP contribution >= 0.6 is 23.4 Å². The van der Waals surface area contributed by atoms with E-state index in [4.69, 9.17) is 16.3 Å². The summed E-state index contributed by atoms with van der Waals surface area (Å²) >= 11 is 7.73. The molecular weight excluding hydrogens is 330 g/mol. The van der Waals surface area contributed by atoms with Crippen LogP contribution in [0, 0.1) is 0 Å². The molecule has 0 spiro atoms. The topological polar surface area (TPSA) is 38.3 Å². The molecule has 1 unspecified atom stereocenters. The highest BCUT2D eigenvalue weighted by molar-refractivity contribution is 8.00. The number of ether oxygens (including phenoxy) is 1. The van der Waals surface area contributed by atoms with Crippen LogP contribution in [-0.4, -0.2) is 24.8 Å². The van der Waals surface area contributed by atoms with Gasteiger partial charge in [-0.1, -0.05) is 48.0 Å². The molecule has 1 N–H and O–H groups in total. The van der Waals surface area contributed by atoms with Crippen molar-refractivity contribution in [2.45, 2.75) is 12.2 Å². The van der Waals surface area contributed by atoms with Gasteiger partial charge in [-0.15, -0.1) is 11.8 Å². The molecule has 3 nitrogen and oxygen atoms in total. The highest BCUT2D eigenvalue weighted by atomic mass is 35.5. The lowest BCUT2D eigenvalue weighted by Crippen LogP contribution is -2.29. The molecule has 0 saturated carbocycles. The lowest BCUT2D eigenvalue weighted by atomic mass is 10.2. The monoisotopic (exact) mass is 349 g/mol. The lowest BCUT2D eigenvalue weighted by Gasteiger charge is -2.13. The maximum absolute atomic E-state index is 11.9. The Morgan fingerprint density at radius 3 is 2.61 bits per heavy atom. The summed E-state index contributed by atoms with van der Waals surface area (Å²) in [6.45, 7) is 3.01. The molecule has 0 aliphatic carbocycles. The van der Waals surface area contributed by atoms with E-state index in [2.05, 4.69) is 12.2 Å². The molecule has 23 heavy (non-hydrogen) atoms. The Morgan fingerprint density at radius 2 is 1.87 bits per heavy atom. The number of thioether (sulfide) groups is 1. The number of carbonyl (C=O) groups is 1. The summed E-state index contributed by atoms with van der Waals surface area (Å²) in [4.78, 5) is 11.9. The normalized spacial score (nSPS) is 11.7. The van der Waals surface area contributed by atoms with Crippen LogP contribution in [0.2, 0.25) is 5.02 Å². The van der Waals surface area contributed by atoms with Gasteiger partial charge in [0.15, 0.2) is 0 Å². The standard InChI is InChI=1S/C18H20ClNO2S/c1-14(16-9-5-6-10-17(16)19)23-13-18(21)20-11-12-22-15-7-3-2-4-8-15/h2-10,14H,11-13H2,1H3,(H,20,21). The first-order valence-corrected chi connectivity index (χ1v) is 8.90. The van der Waals surface area contributed by atoms with Crippen molar-refractivity contribution in [2.24, 2.45) is 0 Å². The SMILES string of the molecule is CC(SCC(=O)NCCOc1ccccc1)c1ccccc1Cl. The van der Waals surface area contributed by atoms with Crippen molar-refractivity contribution in [3.05, 3.63) is 65.2 Å². The fourth-order valence-electron chi connectivity index (χ4n) is 2.02. The van der Waals surface area contributed by atoms with Gasteiger partial charge < -0.3 is 10.1 Å². The number of halogens is 1. The van der Waals surface area contributed by atoms with Crippen molar-refractivity contribution in [1.29, 1.82) is 0 Å². The molecule has 0 radical (unpaired) electrons. The van der Waals surface area contributed by atoms with Crippen LogP contribution in [0.25, 0.3) is 0 Å². The Hall–Kier alpha value is -1.65. The fourth-order valence-corrected chi connectivity index (χ4v) is 3.27. The number of rotatable bonds is 8. The van der Waals surface area contributed by atoms with Crippen molar-refractivity contribution < 1.29 is 9.53 Å². The zero-order chi connectivity index (χ0) is 16.5. The van der Waals surface area contributed by atoms with Gasteiger partial charge in [-0.25, -0.2) is 0 Å². The van der Waals surface area contributed by atoms with E-state index in [0.29, 0.717) is 18.9 Å². The fraction of sp³-hybridized carbons (Fsp3) is 0.278. The Morgan fingerprint density at radius 1 is 1.17 bits per heavy atom. The highest BCUT2D eigenvalue weighted by Gasteiger charge is 2.11. The predicted molar refractivity (Wildman–Crippen MR) is 97.3 cm³/mol. The second kappa shape index (κ2) is 9.48. The van der Waals surface area contributed by atoms with Crippen LogP contribution < -0.4 is 10.1 Å². The number of hydrogen-bond donors (Lipinski definition) is 1. The van der Waals surface area contributed by atoms with Gasteiger partial charge in [0.25, 0.3) is 0 Å². The minimum absolute atomic E-state index is 0.00515. The molecule has 5 heteroatoms. The van der Waals surface area contributed by atoms with Crippen molar-refractivity contribution in [1.82, 2.24) is 5.32 Å². The largest absolute Gasteiger partial charge is 0.492 e. The van der Waals surface area contributed by atoms with Crippen LogP contribution in [0.4, 0.5) is 0 Å². The van der Waals surface area contributed by atoms with Crippen LogP contribution in [0.1, 0.15) is 17.7 Å². The summed E-state index contributed by atoms with van der Waals surface area (Å²) in [6.07, 6.45) is 0. The molecule has 2 aromatic rings. The van der Waals surface area contributed by atoms with Gasteiger partial charge in [0, 0.05) is 10.3 Å². The third-order valence-electron chi connectivity index (χ3n) is 3.24. The average Bonchev–Trinajstić information content (AvgIpc) is 2.58. The van der Waals surface area contributed by atoms with E-state index in [1.807, 2.05) is 54.6 Å². The molecule has 0 aliphatic rings. The molecule has 122 valence electrons. The summed E-state index contributed by atoms with van der Waals surface area (Å²) in [5.74, 6) is 1.21. The van der Waals surface area contributed by atoms with E-state index in [1.165, 1.54) is 0 Å². The van der Waals surface area contributed by atoms with Crippen LogP contribution in [-0.2, 0) is 4.79 Å². The number of para-hydroxylation sites is 1. The Labute approximate surface area is 146 Å². The van der Waals surface area contributed by atoms with Crippen LogP contribution in [0.5, 0.6) is 5.75 Å². The lowest BCUT2D eigenvalue weighted by molar-refractivity contribution is -0.118. The summed E-state index contributed by atoms with van der Waals surface area (Å²) in [6, 6.07) is 17.3. The third-order valence-corrected chi connectivity index (χ3v) is 4.77.